The number of hydrogen-bond donors (Lipinski definition) is 0. The van der Waals surface area contributed by atoms with Crippen LogP contribution >= 0.6 is 0 Å². The summed E-state index contributed by atoms with van der Waals surface area (Å²) in [6, 6.07) is 9.10. The van der Waals surface area contributed by atoms with Crippen LogP contribution in [0.1, 0.15) is 33.1 Å². The Balaban J connectivity index is 1.84. The van der Waals surface area contributed by atoms with Crippen LogP contribution in [0, 0.1) is 11.7 Å². The minimum absolute atomic E-state index is 0.00441. The summed E-state index contributed by atoms with van der Waals surface area (Å²) in [6.45, 7) is 3.80. The van der Waals surface area contributed by atoms with Crippen molar-refractivity contribution in [3.05, 3.63) is 42.2 Å². The fourth-order valence-electron chi connectivity index (χ4n) is 4.34. The number of hydrogen-bond acceptors (Lipinski definition) is 4. The number of sulfone groups is 1. The van der Waals surface area contributed by atoms with Crippen molar-refractivity contribution >= 4 is 33.0 Å². The molecule has 1 fully saturated rings. The Labute approximate surface area is 181 Å². The fourth-order valence-corrected chi connectivity index (χ4v) is 5.10. The van der Waals surface area contributed by atoms with Gasteiger partial charge in [-0.15, -0.1) is 0 Å². The molecule has 1 aliphatic heterocycles. The van der Waals surface area contributed by atoms with Crippen LogP contribution in [0.15, 0.2) is 41.3 Å². The molecule has 2 aromatic carbocycles. The molecule has 8 heteroatoms. The number of carbonyl (C=O) groups is 2. The molecule has 164 valence electrons. The van der Waals surface area contributed by atoms with Crippen LogP contribution in [0.25, 0.3) is 11.1 Å². The highest BCUT2D eigenvalue weighted by Crippen LogP contribution is 2.41. The van der Waals surface area contributed by atoms with Crippen LogP contribution in [0.3, 0.4) is 0 Å². The highest BCUT2D eigenvalue weighted by molar-refractivity contribution is 7.90. The van der Waals surface area contributed by atoms with Crippen molar-refractivity contribution in [1.82, 2.24) is 0 Å². The summed E-state index contributed by atoms with van der Waals surface area (Å²) in [4.78, 5) is 28.5. The quantitative estimate of drug-likeness (QED) is 0.722. The van der Waals surface area contributed by atoms with E-state index in [1.165, 1.54) is 19.1 Å². The SMILES string of the molecule is CC(=O)N1c2ccc(-c3ccc(F)c(S(C)(=O)=O)c3)cc2N(C(=O)C2CCC2)CC1C. The number of anilines is 2. The first-order valence-corrected chi connectivity index (χ1v) is 12.2. The van der Waals surface area contributed by atoms with E-state index in [4.69, 9.17) is 0 Å². The van der Waals surface area contributed by atoms with Gasteiger partial charge in [-0.2, -0.15) is 0 Å². The van der Waals surface area contributed by atoms with Crippen LogP contribution in [0.5, 0.6) is 0 Å². The van der Waals surface area contributed by atoms with Gasteiger partial charge >= 0.3 is 0 Å². The normalized spacial score (nSPS) is 19.0. The molecule has 1 unspecified atom stereocenters. The molecular formula is C23H25FN2O4S. The van der Waals surface area contributed by atoms with Gasteiger partial charge in [0.1, 0.15) is 10.7 Å². The molecule has 0 aromatic heterocycles. The zero-order chi connectivity index (χ0) is 22.5. The molecule has 0 saturated heterocycles. The molecule has 0 bridgehead atoms. The second-order valence-corrected chi connectivity index (χ2v) is 10.4. The lowest BCUT2D eigenvalue weighted by molar-refractivity contribution is -0.125. The number of amides is 2. The second-order valence-electron chi connectivity index (χ2n) is 8.44. The Morgan fingerprint density at radius 1 is 1.03 bits per heavy atom. The van der Waals surface area contributed by atoms with Gasteiger partial charge < -0.3 is 9.80 Å². The van der Waals surface area contributed by atoms with Crippen LogP contribution in [0.4, 0.5) is 15.8 Å². The van der Waals surface area contributed by atoms with Gasteiger partial charge in [-0.3, -0.25) is 9.59 Å². The molecular weight excluding hydrogens is 419 g/mol. The lowest BCUT2D eigenvalue weighted by atomic mass is 9.84. The van der Waals surface area contributed by atoms with E-state index in [0.29, 0.717) is 29.0 Å². The summed E-state index contributed by atoms with van der Waals surface area (Å²) in [5, 5.41) is 0. The van der Waals surface area contributed by atoms with Crippen molar-refractivity contribution in [2.24, 2.45) is 5.92 Å². The summed E-state index contributed by atoms with van der Waals surface area (Å²) in [5.74, 6) is -0.869. The Bertz CT molecular complexity index is 1170. The zero-order valence-electron chi connectivity index (χ0n) is 17.8. The third-order valence-corrected chi connectivity index (χ3v) is 7.25. The Morgan fingerprint density at radius 3 is 2.26 bits per heavy atom. The van der Waals surface area contributed by atoms with Crippen LogP contribution in [0.2, 0.25) is 0 Å². The first-order chi connectivity index (χ1) is 14.6. The van der Waals surface area contributed by atoms with E-state index >= 15 is 0 Å². The molecule has 0 N–H and O–H groups in total. The molecule has 1 heterocycles. The van der Waals surface area contributed by atoms with E-state index in [0.717, 1.165) is 31.6 Å². The molecule has 2 aromatic rings. The monoisotopic (exact) mass is 444 g/mol. The lowest BCUT2D eigenvalue weighted by Crippen LogP contribution is -2.53. The maximum atomic E-state index is 14.1. The molecule has 4 rings (SSSR count). The molecule has 6 nitrogen and oxygen atoms in total. The third kappa shape index (κ3) is 3.84. The van der Waals surface area contributed by atoms with E-state index in [9.17, 15) is 22.4 Å². The van der Waals surface area contributed by atoms with E-state index in [1.807, 2.05) is 6.92 Å². The summed E-state index contributed by atoms with van der Waals surface area (Å²) < 4.78 is 37.9. The summed E-state index contributed by atoms with van der Waals surface area (Å²) >= 11 is 0. The Kier molecular flexibility index (Phi) is 5.37. The van der Waals surface area contributed by atoms with Crippen molar-refractivity contribution in [3.63, 3.8) is 0 Å². The van der Waals surface area contributed by atoms with Gasteiger partial charge in [-0.1, -0.05) is 18.6 Å². The minimum Gasteiger partial charge on any atom is -0.308 e. The van der Waals surface area contributed by atoms with E-state index in [-0.39, 0.29) is 28.7 Å². The van der Waals surface area contributed by atoms with Gasteiger partial charge in [0.05, 0.1) is 17.4 Å². The van der Waals surface area contributed by atoms with E-state index in [1.54, 1.807) is 28.0 Å². The van der Waals surface area contributed by atoms with Gasteiger partial charge in [0.2, 0.25) is 11.8 Å². The highest BCUT2D eigenvalue weighted by Gasteiger charge is 2.37. The van der Waals surface area contributed by atoms with E-state index < -0.39 is 15.7 Å². The molecule has 0 spiro atoms. The van der Waals surface area contributed by atoms with Crippen molar-refractivity contribution in [2.45, 2.75) is 44.0 Å². The number of carbonyl (C=O) groups excluding carboxylic acids is 2. The van der Waals surface area contributed by atoms with Gasteiger partial charge in [0.15, 0.2) is 9.84 Å². The summed E-state index contributed by atoms with van der Waals surface area (Å²) in [6.07, 6.45) is 3.74. The summed E-state index contributed by atoms with van der Waals surface area (Å²) in [7, 11) is -3.73. The van der Waals surface area contributed by atoms with Crippen LogP contribution in [-0.4, -0.2) is 39.1 Å². The van der Waals surface area contributed by atoms with Crippen molar-refractivity contribution in [2.75, 3.05) is 22.6 Å². The lowest BCUT2D eigenvalue weighted by Gasteiger charge is -2.43. The van der Waals surface area contributed by atoms with Crippen molar-refractivity contribution in [3.8, 4) is 11.1 Å². The molecule has 1 saturated carbocycles. The summed E-state index contributed by atoms with van der Waals surface area (Å²) in [5.41, 5.74) is 2.43. The maximum absolute atomic E-state index is 14.1. The van der Waals surface area contributed by atoms with Crippen molar-refractivity contribution in [1.29, 1.82) is 0 Å². The predicted molar refractivity (Wildman–Crippen MR) is 117 cm³/mol. The first-order valence-electron chi connectivity index (χ1n) is 10.3. The Hall–Kier alpha value is -2.74. The molecule has 0 radical (unpaired) electrons. The topological polar surface area (TPSA) is 74.8 Å². The second kappa shape index (κ2) is 7.75. The zero-order valence-corrected chi connectivity index (χ0v) is 18.6. The van der Waals surface area contributed by atoms with E-state index in [2.05, 4.69) is 0 Å². The standard InChI is InChI=1S/C23H25FN2O4S/c1-14-13-25(23(28)16-5-4-6-16)21-11-17(8-10-20(21)26(14)15(2)27)18-7-9-19(24)22(12-18)31(3,29)30/h7-12,14,16H,4-6,13H2,1-3H3. The molecule has 31 heavy (non-hydrogen) atoms. The largest absolute Gasteiger partial charge is 0.308 e. The molecule has 1 atom stereocenters. The number of nitrogens with zero attached hydrogens (tertiary/aromatic N) is 2. The predicted octanol–water partition coefficient (Wildman–Crippen LogP) is 3.78. The third-order valence-electron chi connectivity index (χ3n) is 6.14. The minimum atomic E-state index is -3.73. The number of fused-ring (bicyclic) bond motifs is 1. The smallest absolute Gasteiger partial charge is 0.230 e. The maximum Gasteiger partial charge on any atom is 0.230 e. The van der Waals surface area contributed by atoms with Gasteiger partial charge in [0.25, 0.3) is 0 Å². The molecule has 2 aliphatic rings. The number of halogens is 1. The fraction of sp³-hybridized carbons (Fsp3) is 0.391. The van der Waals surface area contributed by atoms with Crippen LogP contribution in [-0.2, 0) is 19.4 Å². The number of rotatable bonds is 3. The highest BCUT2D eigenvalue weighted by atomic mass is 32.2. The van der Waals surface area contributed by atoms with Crippen LogP contribution < -0.4 is 9.80 Å². The van der Waals surface area contributed by atoms with Gasteiger partial charge in [-0.25, -0.2) is 12.8 Å². The average Bonchev–Trinajstić information content (AvgIpc) is 2.64. The molecule has 1 aliphatic carbocycles. The van der Waals surface area contributed by atoms with Crippen molar-refractivity contribution < 1.29 is 22.4 Å². The average molecular weight is 445 g/mol. The van der Waals surface area contributed by atoms with Gasteiger partial charge in [0, 0.05) is 25.6 Å². The van der Waals surface area contributed by atoms with Gasteiger partial charge in [-0.05, 0) is 55.2 Å². The Morgan fingerprint density at radius 2 is 1.68 bits per heavy atom. The molecule has 2 amide bonds. The number of benzene rings is 2. The first kappa shape index (κ1) is 21.5.